The molecule has 0 unspecified atom stereocenters. The van der Waals surface area contributed by atoms with Crippen molar-refractivity contribution in [1.82, 2.24) is 15.5 Å². The Morgan fingerprint density at radius 3 is 2.17 bits per heavy atom. The number of carbonyl (C=O) groups is 1. The van der Waals surface area contributed by atoms with Gasteiger partial charge in [-0.05, 0) is 88.1 Å². The Morgan fingerprint density at radius 1 is 0.966 bits per heavy atom. The quantitative estimate of drug-likeness (QED) is 0.0369. The minimum Gasteiger partial charge on any atom is -0.492 e. The molecule has 0 atom stereocenters. The molecule has 0 saturated heterocycles. The summed E-state index contributed by atoms with van der Waals surface area (Å²) < 4.78 is 64.7. The first-order chi connectivity index (χ1) is 28.0. The lowest BCUT2D eigenvalue weighted by atomic mass is 9.92. The van der Waals surface area contributed by atoms with E-state index in [9.17, 15) is 27.6 Å². The summed E-state index contributed by atoms with van der Waals surface area (Å²) in [6.07, 6.45) is -2.50. The molecule has 0 aliphatic carbocycles. The lowest BCUT2D eigenvalue weighted by Crippen LogP contribution is -2.42. The molecule has 0 aliphatic rings. The Hall–Kier alpha value is -5.50. The van der Waals surface area contributed by atoms with E-state index in [0.717, 1.165) is 11.9 Å². The maximum Gasteiger partial charge on any atom is 0.519 e. The van der Waals surface area contributed by atoms with Crippen LogP contribution in [0, 0.1) is 19.3 Å². The van der Waals surface area contributed by atoms with E-state index in [2.05, 4.69) is 77.1 Å². The number of aryl methyl sites for hydroxylation is 2. The third-order valence-electron chi connectivity index (χ3n) is 7.77. The number of hydrogen-bond acceptors (Lipinski definition) is 14. The predicted octanol–water partition coefficient (Wildman–Crippen LogP) is 6.23. The molecule has 0 spiro atoms. The van der Waals surface area contributed by atoms with Gasteiger partial charge in [-0.15, -0.1) is 0 Å². The number of benzene rings is 2. The van der Waals surface area contributed by atoms with Crippen LogP contribution >= 0.6 is 11.6 Å². The zero-order valence-corrected chi connectivity index (χ0v) is 34.4. The van der Waals surface area contributed by atoms with Crippen molar-refractivity contribution < 1.29 is 45.1 Å². The smallest absolute Gasteiger partial charge is 0.492 e. The van der Waals surface area contributed by atoms with Crippen LogP contribution in [0.15, 0.2) is 84.7 Å². The first-order valence-electron chi connectivity index (χ1n) is 18.0. The Balaban J connectivity index is 0.000000501. The molecule has 0 saturated carbocycles. The molecular weight excluding hydrogens is 803 g/mol. The maximum absolute atomic E-state index is 12.7. The average Bonchev–Trinajstić information content (AvgIpc) is 3.69. The van der Waals surface area contributed by atoms with Crippen LogP contribution in [0.5, 0.6) is 5.75 Å². The number of nitrogens with one attached hydrogen (secondary N) is 2. The monoisotopic (exact) mass is 853 g/mol. The number of aliphatic imine (C=N–C) groups is 3. The van der Waals surface area contributed by atoms with Crippen molar-refractivity contribution in [2.45, 2.75) is 59.9 Å². The molecule has 2 aromatic heterocycles. The van der Waals surface area contributed by atoms with Crippen LogP contribution in [0.1, 0.15) is 59.2 Å². The Morgan fingerprint density at radius 2 is 1.61 bits per heavy atom. The van der Waals surface area contributed by atoms with E-state index < -0.39 is 24.4 Å². The fourth-order valence-corrected chi connectivity index (χ4v) is 5.33. The zero-order chi connectivity index (χ0) is 44.0. The lowest BCUT2D eigenvalue weighted by Gasteiger charge is -2.32. The molecule has 16 nitrogen and oxygen atoms in total. The van der Waals surface area contributed by atoms with Gasteiger partial charge in [0.1, 0.15) is 37.2 Å². The summed E-state index contributed by atoms with van der Waals surface area (Å²) in [7, 11) is 1.50. The second kappa shape index (κ2) is 25.1. The SMILES string of the molecule is C=NCc1ccc(OCCCN(Cc2oc(=O)oc2C)CC(C)(C)CNC(=O)c2ccc(N=C)cc2)c(Cl)c1.CN.Cc1oc(=O)oc1CN=CNCOCC(F)(F)F. The second-order valence-electron chi connectivity index (χ2n) is 13.3. The van der Waals surface area contributed by atoms with Crippen molar-refractivity contribution in [3.8, 4) is 5.75 Å². The van der Waals surface area contributed by atoms with Gasteiger partial charge in [0, 0.05) is 25.2 Å². The number of hydrogen-bond donors (Lipinski definition) is 3. The molecule has 2 aromatic carbocycles. The number of nitrogens with zero attached hydrogens (tertiary/aromatic N) is 4. The number of amides is 1. The highest BCUT2D eigenvalue weighted by Crippen LogP contribution is 2.26. The summed E-state index contributed by atoms with van der Waals surface area (Å²) in [5.74, 6) is 0.394. The Bertz CT molecular complexity index is 2040. The maximum atomic E-state index is 12.7. The summed E-state index contributed by atoms with van der Waals surface area (Å²) >= 11 is 6.35. The van der Waals surface area contributed by atoms with Gasteiger partial charge in [-0.1, -0.05) is 31.5 Å². The number of rotatable bonds is 21. The standard InChI is InChI=1S/C29H35ClN4O5.C9H11F3N2O4.CH5N/c1-20-26(39-28(36)38-20)17-34(13-6-14-37-25-12-7-21(16-31-4)15-24(25)30)19-29(2,3)18-33-27(35)22-8-10-23(32-5)11-9-22;1-6-7(18-8(15)17-6)2-13-4-14-5-16-3-9(10,11)12;1-2/h7-12,15H,4-6,13-14,16-19H2,1-3H3,(H,33,35);4H,2-3,5H2,1H3,(H,13,14);2H2,1H3. The van der Waals surface area contributed by atoms with Gasteiger partial charge in [0.25, 0.3) is 5.91 Å². The van der Waals surface area contributed by atoms with Crippen molar-refractivity contribution in [3.05, 3.63) is 103 Å². The van der Waals surface area contributed by atoms with E-state index in [1.807, 2.05) is 18.2 Å². The summed E-state index contributed by atoms with van der Waals surface area (Å²) in [4.78, 5) is 48.6. The Kier molecular flexibility index (Phi) is 21.1. The van der Waals surface area contributed by atoms with Crippen LogP contribution in [-0.4, -0.2) is 83.4 Å². The molecular formula is C39H51ClF3N7O9. The largest absolute Gasteiger partial charge is 0.519 e. The molecule has 2 heterocycles. The fourth-order valence-electron chi connectivity index (χ4n) is 5.07. The molecule has 0 fully saturated rings. The summed E-state index contributed by atoms with van der Waals surface area (Å²) in [6, 6.07) is 12.5. The molecule has 324 valence electrons. The number of alkyl halides is 3. The van der Waals surface area contributed by atoms with Crippen molar-refractivity contribution in [3.63, 3.8) is 0 Å². The van der Waals surface area contributed by atoms with Gasteiger partial charge in [0.2, 0.25) is 0 Å². The Labute approximate surface area is 344 Å². The first-order valence-corrected chi connectivity index (χ1v) is 18.4. The van der Waals surface area contributed by atoms with Crippen LogP contribution in [0.2, 0.25) is 5.02 Å². The van der Waals surface area contributed by atoms with Crippen LogP contribution in [0.4, 0.5) is 18.9 Å². The van der Waals surface area contributed by atoms with E-state index in [-0.39, 0.29) is 30.4 Å². The highest BCUT2D eigenvalue weighted by molar-refractivity contribution is 6.32. The van der Waals surface area contributed by atoms with Crippen molar-refractivity contribution in [1.29, 1.82) is 0 Å². The minimum absolute atomic E-state index is 0.0455. The first kappa shape index (κ1) is 49.6. The van der Waals surface area contributed by atoms with Crippen molar-refractivity contribution in [2.24, 2.45) is 26.1 Å². The summed E-state index contributed by atoms with van der Waals surface area (Å²) in [5, 5.41) is 5.93. The molecule has 4 N–H and O–H groups in total. The highest BCUT2D eigenvalue weighted by atomic mass is 35.5. The van der Waals surface area contributed by atoms with Crippen LogP contribution in [0.3, 0.4) is 0 Å². The number of carbonyl (C=O) groups excluding carboxylic acids is 1. The molecule has 0 radical (unpaired) electrons. The van der Waals surface area contributed by atoms with Crippen LogP contribution in [0.25, 0.3) is 0 Å². The topological polar surface area (TPSA) is 213 Å². The number of ether oxygens (including phenoxy) is 2. The summed E-state index contributed by atoms with van der Waals surface area (Å²) in [6.45, 7) is 15.8. The van der Waals surface area contributed by atoms with Gasteiger partial charge in [-0.25, -0.2) is 9.59 Å². The predicted molar refractivity (Wildman–Crippen MR) is 218 cm³/mol. The van der Waals surface area contributed by atoms with Crippen molar-refractivity contribution >= 4 is 43.0 Å². The molecule has 0 bridgehead atoms. The van der Waals surface area contributed by atoms with E-state index >= 15 is 0 Å². The third kappa shape index (κ3) is 19.2. The van der Waals surface area contributed by atoms with Gasteiger partial charge in [0.05, 0.1) is 36.7 Å². The van der Waals surface area contributed by atoms with Gasteiger partial charge in [0.15, 0.2) is 11.5 Å². The third-order valence-corrected chi connectivity index (χ3v) is 8.06. The lowest BCUT2D eigenvalue weighted by molar-refractivity contribution is -0.174. The van der Waals surface area contributed by atoms with Crippen LogP contribution < -0.4 is 32.7 Å². The van der Waals surface area contributed by atoms with E-state index in [1.54, 1.807) is 31.2 Å². The summed E-state index contributed by atoms with van der Waals surface area (Å²) in [5.41, 5.74) is 6.42. The van der Waals surface area contributed by atoms with E-state index in [4.69, 9.17) is 25.2 Å². The minimum atomic E-state index is -4.35. The highest BCUT2D eigenvalue weighted by Gasteiger charge is 2.27. The van der Waals surface area contributed by atoms with Gasteiger partial charge >= 0.3 is 17.8 Å². The number of nitrogens with two attached hydrogens (primary N) is 1. The molecule has 4 rings (SSSR count). The van der Waals surface area contributed by atoms with Gasteiger partial charge in [-0.3, -0.25) is 24.7 Å². The van der Waals surface area contributed by atoms with E-state index in [1.165, 1.54) is 14.0 Å². The number of halogens is 4. The molecule has 4 aromatic rings. The fraction of sp³-hybridized carbons (Fsp3) is 0.436. The van der Waals surface area contributed by atoms with E-state index in [0.29, 0.717) is 85.1 Å². The molecule has 0 aliphatic heterocycles. The average molecular weight is 854 g/mol. The molecule has 1 amide bonds. The second-order valence-corrected chi connectivity index (χ2v) is 13.7. The van der Waals surface area contributed by atoms with Gasteiger partial charge < -0.3 is 43.5 Å². The van der Waals surface area contributed by atoms with Crippen molar-refractivity contribution in [2.75, 3.05) is 46.6 Å². The molecule has 20 heteroatoms. The normalized spacial score (nSPS) is 11.4. The van der Waals surface area contributed by atoms with Gasteiger partial charge in [-0.2, -0.15) is 13.2 Å². The zero-order valence-electron chi connectivity index (χ0n) is 33.7. The molecule has 59 heavy (non-hydrogen) atoms. The van der Waals surface area contributed by atoms with Crippen LogP contribution in [-0.2, 0) is 24.4 Å².